The number of aromatic nitrogens is 1. The smallest absolute Gasteiger partial charge is 0.408 e. The van der Waals surface area contributed by atoms with E-state index in [-0.39, 0.29) is 12.3 Å². The van der Waals surface area contributed by atoms with Gasteiger partial charge in [-0.1, -0.05) is 6.07 Å². The van der Waals surface area contributed by atoms with E-state index in [2.05, 4.69) is 22.8 Å². The molecule has 9 heteroatoms. The van der Waals surface area contributed by atoms with Crippen molar-refractivity contribution in [3.8, 4) is 0 Å². The number of nitrogens with zero attached hydrogens (tertiary/aromatic N) is 2. The van der Waals surface area contributed by atoms with Crippen molar-refractivity contribution in [2.24, 2.45) is 5.92 Å². The number of rotatable bonds is 7. The summed E-state index contributed by atoms with van der Waals surface area (Å²) in [5.41, 5.74) is 1.64. The van der Waals surface area contributed by atoms with Crippen LogP contribution < -0.4 is 10.6 Å². The topological polar surface area (TPSA) is 110 Å². The molecule has 2 aliphatic rings. The van der Waals surface area contributed by atoms with Gasteiger partial charge in [-0.15, -0.1) is 0 Å². The van der Waals surface area contributed by atoms with Gasteiger partial charge in [0.1, 0.15) is 17.5 Å². The second-order valence-electron chi connectivity index (χ2n) is 9.47. The molecule has 2 amide bonds. The van der Waals surface area contributed by atoms with Gasteiger partial charge in [-0.25, -0.2) is 14.6 Å². The predicted molar refractivity (Wildman–Crippen MR) is 119 cm³/mol. The second-order valence-corrected chi connectivity index (χ2v) is 9.47. The third-order valence-electron chi connectivity index (χ3n) is 5.63. The summed E-state index contributed by atoms with van der Waals surface area (Å²) in [6.45, 7) is 7.42. The van der Waals surface area contributed by atoms with Crippen molar-refractivity contribution in [2.75, 3.05) is 32.1 Å². The van der Waals surface area contributed by atoms with E-state index in [1.54, 1.807) is 25.7 Å². The molecule has 0 saturated carbocycles. The Hall–Kier alpha value is -2.84. The van der Waals surface area contributed by atoms with Crippen molar-refractivity contribution in [3.63, 3.8) is 0 Å². The number of methoxy groups -OCH3 is 1. The molecule has 176 valence electrons. The van der Waals surface area contributed by atoms with E-state index in [9.17, 15) is 14.4 Å². The molecule has 2 aliphatic heterocycles. The number of hydrogen-bond acceptors (Lipinski definition) is 7. The Labute approximate surface area is 189 Å². The number of pyridine rings is 1. The van der Waals surface area contributed by atoms with Gasteiger partial charge in [-0.2, -0.15) is 0 Å². The van der Waals surface area contributed by atoms with Crippen molar-refractivity contribution in [3.05, 3.63) is 23.4 Å². The van der Waals surface area contributed by atoms with Crippen molar-refractivity contribution in [1.29, 1.82) is 0 Å². The molecule has 1 aromatic rings. The number of anilines is 1. The summed E-state index contributed by atoms with van der Waals surface area (Å²) < 4.78 is 9.91. The number of nitrogens with one attached hydrogen (secondary N) is 2. The van der Waals surface area contributed by atoms with E-state index in [1.807, 2.05) is 0 Å². The van der Waals surface area contributed by atoms with Gasteiger partial charge in [0, 0.05) is 25.3 Å². The number of carbonyl (C=O) groups excluding carboxylic acids is 3. The molecule has 1 saturated heterocycles. The third-order valence-corrected chi connectivity index (χ3v) is 5.63. The highest BCUT2D eigenvalue weighted by Gasteiger charge is 2.34. The van der Waals surface area contributed by atoms with Crippen LogP contribution in [0.3, 0.4) is 0 Å². The standard InChI is InChI=1S/C23H34N4O5/c1-23(2,3)32-22(30)26-18(21(29)31-4)12-19(28)27-13-15(14-27)7-9-17-10-8-16-6-5-11-24-20(16)25-17/h8,10,15,18H,5-7,9,11-14H2,1-4H3,(H,24,25)(H,26,30)/t18-/m0/s1. The molecule has 1 fully saturated rings. The maximum absolute atomic E-state index is 12.6. The van der Waals surface area contributed by atoms with Gasteiger partial charge in [0.15, 0.2) is 0 Å². The molecule has 32 heavy (non-hydrogen) atoms. The molecule has 9 nitrogen and oxygen atoms in total. The molecule has 0 radical (unpaired) electrons. The fourth-order valence-corrected chi connectivity index (χ4v) is 3.91. The van der Waals surface area contributed by atoms with Crippen LogP contribution in [0, 0.1) is 5.92 Å². The van der Waals surface area contributed by atoms with Gasteiger partial charge in [-0.05, 0) is 64.0 Å². The molecule has 0 unspecified atom stereocenters. The van der Waals surface area contributed by atoms with E-state index < -0.39 is 23.7 Å². The van der Waals surface area contributed by atoms with Crippen LogP contribution in [-0.2, 0) is 31.9 Å². The van der Waals surface area contributed by atoms with Gasteiger partial charge in [0.05, 0.1) is 13.5 Å². The van der Waals surface area contributed by atoms with Gasteiger partial charge in [0.25, 0.3) is 0 Å². The summed E-state index contributed by atoms with van der Waals surface area (Å²) in [4.78, 5) is 43.1. The molecular weight excluding hydrogens is 412 g/mol. The Morgan fingerprint density at radius 3 is 2.72 bits per heavy atom. The second kappa shape index (κ2) is 10.2. The maximum atomic E-state index is 12.6. The highest BCUT2D eigenvalue weighted by atomic mass is 16.6. The minimum absolute atomic E-state index is 0.156. The zero-order valence-corrected chi connectivity index (χ0v) is 19.4. The first-order valence-corrected chi connectivity index (χ1v) is 11.2. The van der Waals surface area contributed by atoms with Crippen molar-refractivity contribution in [1.82, 2.24) is 15.2 Å². The number of aryl methyl sites for hydroxylation is 2. The number of amides is 2. The fraction of sp³-hybridized carbons (Fsp3) is 0.652. The summed E-state index contributed by atoms with van der Waals surface area (Å²) in [5.74, 6) is 0.544. The quantitative estimate of drug-likeness (QED) is 0.619. The first kappa shape index (κ1) is 23.8. The van der Waals surface area contributed by atoms with Crippen LogP contribution in [0.25, 0.3) is 0 Å². The molecular formula is C23H34N4O5. The lowest BCUT2D eigenvalue weighted by Crippen LogP contribution is -2.53. The summed E-state index contributed by atoms with van der Waals surface area (Å²) in [5, 5.41) is 5.80. The Morgan fingerprint density at radius 2 is 2.03 bits per heavy atom. The fourth-order valence-electron chi connectivity index (χ4n) is 3.91. The van der Waals surface area contributed by atoms with Crippen LogP contribution in [0.4, 0.5) is 10.6 Å². The van der Waals surface area contributed by atoms with Crippen LogP contribution in [0.2, 0.25) is 0 Å². The lowest BCUT2D eigenvalue weighted by Gasteiger charge is -2.40. The van der Waals surface area contributed by atoms with Crippen LogP contribution in [0.5, 0.6) is 0 Å². The Bertz CT molecular complexity index is 845. The predicted octanol–water partition coefficient (Wildman–Crippen LogP) is 2.29. The molecule has 2 N–H and O–H groups in total. The normalized spacial score (nSPS) is 16.8. The van der Waals surface area contributed by atoms with E-state index in [4.69, 9.17) is 14.5 Å². The number of esters is 1. The van der Waals surface area contributed by atoms with Gasteiger partial charge in [0.2, 0.25) is 5.91 Å². The van der Waals surface area contributed by atoms with E-state index in [0.717, 1.165) is 43.7 Å². The number of likely N-dealkylation sites (tertiary alicyclic amines) is 1. The number of carbonyl (C=O) groups is 3. The lowest BCUT2D eigenvalue weighted by atomic mass is 9.93. The van der Waals surface area contributed by atoms with E-state index >= 15 is 0 Å². The number of fused-ring (bicyclic) bond motifs is 1. The SMILES string of the molecule is COC(=O)[C@H](CC(=O)N1CC(CCc2ccc3c(n2)NCCC3)C1)NC(=O)OC(C)(C)C. The average Bonchev–Trinajstić information content (AvgIpc) is 2.70. The Kier molecular flexibility index (Phi) is 7.58. The summed E-state index contributed by atoms with van der Waals surface area (Å²) in [7, 11) is 1.22. The highest BCUT2D eigenvalue weighted by molar-refractivity contribution is 5.88. The maximum Gasteiger partial charge on any atom is 0.408 e. The van der Waals surface area contributed by atoms with Crippen LogP contribution in [0.1, 0.15) is 51.3 Å². The number of hydrogen-bond donors (Lipinski definition) is 2. The van der Waals surface area contributed by atoms with Gasteiger partial charge in [-0.3, -0.25) is 4.79 Å². The summed E-state index contributed by atoms with van der Waals surface area (Å²) in [6.07, 6.45) is 3.12. The van der Waals surface area contributed by atoms with Crippen LogP contribution in [0.15, 0.2) is 12.1 Å². The largest absolute Gasteiger partial charge is 0.467 e. The van der Waals surface area contributed by atoms with E-state index in [0.29, 0.717) is 19.0 Å². The van der Waals surface area contributed by atoms with Crippen molar-refractivity contribution < 1.29 is 23.9 Å². The Balaban J connectivity index is 1.44. The Morgan fingerprint density at radius 1 is 1.28 bits per heavy atom. The zero-order valence-electron chi connectivity index (χ0n) is 19.4. The molecule has 0 aromatic carbocycles. The third kappa shape index (κ3) is 6.58. The van der Waals surface area contributed by atoms with Gasteiger partial charge >= 0.3 is 12.1 Å². The summed E-state index contributed by atoms with van der Waals surface area (Å²) >= 11 is 0. The van der Waals surface area contributed by atoms with Crippen LogP contribution >= 0.6 is 0 Å². The lowest BCUT2D eigenvalue weighted by molar-refractivity contribution is -0.148. The first-order chi connectivity index (χ1) is 15.1. The van der Waals surface area contributed by atoms with Crippen molar-refractivity contribution in [2.45, 2.75) is 64.5 Å². The van der Waals surface area contributed by atoms with Crippen LogP contribution in [-0.4, -0.2) is 66.2 Å². The molecule has 3 rings (SSSR count). The zero-order chi connectivity index (χ0) is 23.3. The highest BCUT2D eigenvalue weighted by Crippen LogP contribution is 2.24. The summed E-state index contributed by atoms with van der Waals surface area (Å²) in [6, 6.07) is 3.18. The molecule has 1 aromatic heterocycles. The first-order valence-electron chi connectivity index (χ1n) is 11.2. The van der Waals surface area contributed by atoms with Gasteiger partial charge < -0.3 is 25.0 Å². The molecule has 0 bridgehead atoms. The molecule has 1 atom stereocenters. The molecule has 3 heterocycles. The molecule has 0 aliphatic carbocycles. The minimum Gasteiger partial charge on any atom is -0.467 e. The number of alkyl carbamates (subject to hydrolysis) is 1. The average molecular weight is 447 g/mol. The monoisotopic (exact) mass is 446 g/mol. The molecule has 0 spiro atoms. The number of ether oxygens (including phenoxy) is 2. The van der Waals surface area contributed by atoms with E-state index in [1.165, 1.54) is 12.7 Å². The van der Waals surface area contributed by atoms with Crippen molar-refractivity contribution >= 4 is 23.8 Å². The minimum atomic E-state index is -1.08.